The van der Waals surface area contributed by atoms with Gasteiger partial charge in [0, 0.05) is 0 Å². The normalized spacial score (nSPS) is 14.0. The molecule has 0 aliphatic carbocycles. The van der Waals surface area contributed by atoms with Gasteiger partial charge in [0.2, 0.25) is 0 Å². The van der Waals surface area contributed by atoms with E-state index in [4.69, 9.17) is 5.11 Å². The summed E-state index contributed by atoms with van der Waals surface area (Å²) >= 11 is 1.63. The summed E-state index contributed by atoms with van der Waals surface area (Å²) in [5.41, 5.74) is 0. The molecule has 0 aliphatic rings. The highest BCUT2D eigenvalue weighted by Gasteiger charge is 2.38. The molecule has 0 bridgehead atoms. The van der Waals surface area contributed by atoms with Gasteiger partial charge in [-0.15, -0.1) is 0 Å². The van der Waals surface area contributed by atoms with Crippen molar-refractivity contribution in [3.63, 3.8) is 0 Å². The van der Waals surface area contributed by atoms with E-state index in [9.17, 15) is 13.6 Å². The maximum Gasteiger partial charge on any atom is 0.375 e. The lowest BCUT2D eigenvalue weighted by molar-refractivity contribution is -0.164. The molecule has 1 atom stereocenters. The number of rotatable bonds is 7. The lowest BCUT2D eigenvalue weighted by atomic mass is 10.2. The molecule has 0 aromatic rings. The van der Waals surface area contributed by atoms with Crippen LogP contribution in [-0.2, 0) is 4.79 Å². The number of nitrogens with one attached hydrogen (secondary N) is 1. The second-order valence-electron chi connectivity index (χ2n) is 3.20. The number of aliphatic carboxylic acids is 1. The predicted molar refractivity (Wildman–Crippen MR) is 53.0 cm³/mol. The van der Waals surface area contributed by atoms with E-state index in [1.165, 1.54) is 0 Å². The Morgan fingerprint density at radius 1 is 1.64 bits per heavy atom. The summed E-state index contributed by atoms with van der Waals surface area (Å²) in [7, 11) is 0. The number of hydrogen-bond acceptors (Lipinski definition) is 3. The molecule has 0 aromatic heterocycles. The van der Waals surface area contributed by atoms with Gasteiger partial charge in [-0.05, 0) is 24.5 Å². The van der Waals surface area contributed by atoms with Gasteiger partial charge in [-0.1, -0.05) is 6.92 Å². The number of alkyl halides is 2. The number of hydrogen-bond donors (Lipinski definition) is 2. The van der Waals surface area contributed by atoms with Crippen molar-refractivity contribution < 1.29 is 18.7 Å². The maximum absolute atomic E-state index is 12.5. The van der Waals surface area contributed by atoms with Gasteiger partial charge in [0.15, 0.2) is 0 Å². The molecule has 0 spiro atoms. The van der Waals surface area contributed by atoms with Crippen molar-refractivity contribution in [3.05, 3.63) is 0 Å². The van der Waals surface area contributed by atoms with Crippen LogP contribution in [0.4, 0.5) is 8.78 Å². The average molecular weight is 227 g/mol. The summed E-state index contributed by atoms with van der Waals surface area (Å²) in [6.07, 6.45) is 1.93. The fourth-order valence-corrected chi connectivity index (χ4v) is 1.58. The van der Waals surface area contributed by atoms with Crippen molar-refractivity contribution in [1.82, 2.24) is 5.32 Å². The number of carboxylic acid groups (broad SMARTS) is 1. The smallest absolute Gasteiger partial charge is 0.375 e. The van der Waals surface area contributed by atoms with E-state index in [1.54, 1.807) is 11.8 Å². The second-order valence-corrected chi connectivity index (χ2v) is 4.11. The van der Waals surface area contributed by atoms with E-state index in [0.717, 1.165) is 5.75 Å². The van der Waals surface area contributed by atoms with Crippen LogP contribution in [0.2, 0.25) is 0 Å². The van der Waals surface area contributed by atoms with E-state index >= 15 is 0 Å². The van der Waals surface area contributed by atoms with Crippen LogP contribution in [0.1, 0.15) is 6.92 Å². The minimum absolute atomic E-state index is 0.259. The lowest BCUT2D eigenvalue weighted by Gasteiger charge is -2.14. The summed E-state index contributed by atoms with van der Waals surface area (Å²) in [5.74, 6) is -4.62. The van der Waals surface area contributed by atoms with Crippen LogP contribution in [0, 0.1) is 5.92 Å². The van der Waals surface area contributed by atoms with Gasteiger partial charge >= 0.3 is 11.9 Å². The molecule has 84 valence electrons. The molecule has 0 aromatic carbocycles. The van der Waals surface area contributed by atoms with Crippen LogP contribution < -0.4 is 5.32 Å². The van der Waals surface area contributed by atoms with Crippen LogP contribution in [0.3, 0.4) is 0 Å². The topological polar surface area (TPSA) is 49.3 Å². The lowest BCUT2D eigenvalue weighted by Crippen LogP contribution is -2.41. The summed E-state index contributed by atoms with van der Waals surface area (Å²) in [4.78, 5) is 10.0. The van der Waals surface area contributed by atoms with Gasteiger partial charge in [-0.25, -0.2) is 4.79 Å². The highest BCUT2D eigenvalue weighted by molar-refractivity contribution is 7.98. The van der Waals surface area contributed by atoms with E-state index in [0.29, 0.717) is 6.54 Å². The van der Waals surface area contributed by atoms with Crippen molar-refractivity contribution in [3.8, 4) is 0 Å². The first-order chi connectivity index (χ1) is 6.40. The van der Waals surface area contributed by atoms with Crippen LogP contribution >= 0.6 is 11.8 Å². The quantitative estimate of drug-likeness (QED) is 0.688. The fraction of sp³-hybridized carbons (Fsp3) is 0.875. The van der Waals surface area contributed by atoms with Gasteiger partial charge in [-0.3, -0.25) is 0 Å². The van der Waals surface area contributed by atoms with Crippen LogP contribution in [0.15, 0.2) is 0 Å². The first kappa shape index (κ1) is 13.6. The van der Waals surface area contributed by atoms with E-state index in [1.807, 2.05) is 13.2 Å². The van der Waals surface area contributed by atoms with Crippen molar-refractivity contribution in [2.24, 2.45) is 5.92 Å². The van der Waals surface area contributed by atoms with Crippen LogP contribution in [-0.4, -0.2) is 42.1 Å². The first-order valence-corrected chi connectivity index (χ1v) is 5.60. The first-order valence-electron chi connectivity index (χ1n) is 4.21. The molecule has 2 N–H and O–H groups in total. The summed E-state index contributed by atoms with van der Waals surface area (Å²) in [6, 6.07) is 0. The van der Waals surface area contributed by atoms with Crippen molar-refractivity contribution in [1.29, 1.82) is 0 Å². The third kappa shape index (κ3) is 5.39. The average Bonchev–Trinajstić information content (AvgIpc) is 2.04. The third-order valence-corrected chi connectivity index (χ3v) is 2.51. The number of carbonyl (C=O) groups is 1. The third-order valence-electron chi connectivity index (χ3n) is 1.60. The Balaban J connectivity index is 3.68. The van der Waals surface area contributed by atoms with E-state index in [-0.39, 0.29) is 5.92 Å². The molecular formula is C8H15F2NO2S. The molecule has 6 heteroatoms. The maximum atomic E-state index is 12.5. The number of thioether (sulfide) groups is 1. The molecule has 0 heterocycles. The molecule has 0 radical (unpaired) electrons. The molecule has 0 amide bonds. The van der Waals surface area contributed by atoms with Gasteiger partial charge in [0.1, 0.15) is 0 Å². The standard InChI is InChI=1S/C8H15F2NO2S/c1-6(4-14-2)3-11-5-8(9,10)7(12)13/h6,11H,3-5H2,1-2H3,(H,12,13). The zero-order valence-electron chi connectivity index (χ0n) is 8.22. The molecule has 0 saturated carbocycles. The zero-order chi connectivity index (χ0) is 11.2. The van der Waals surface area contributed by atoms with E-state index in [2.05, 4.69) is 5.32 Å². The molecule has 0 fully saturated rings. The van der Waals surface area contributed by atoms with Crippen LogP contribution in [0.25, 0.3) is 0 Å². The van der Waals surface area contributed by atoms with Gasteiger partial charge in [0.05, 0.1) is 6.54 Å². The Hall–Kier alpha value is -0.360. The number of carboxylic acids is 1. The Morgan fingerprint density at radius 2 is 2.21 bits per heavy atom. The summed E-state index contributed by atoms with van der Waals surface area (Å²) < 4.78 is 25.0. The second kappa shape index (κ2) is 6.19. The largest absolute Gasteiger partial charge is 0.477 e. The Kier molecular flexibility index (Phi) is 6.03. The van der Waals surface area contributed by atoms with E-state index < -0.39 is 18.4 Å². The number of halogens is 2. The highest BCUT2D eigenvalue weighted by Crippen LogP contribution is 2.12. The van der Waals surface area contributed by atoms with Gasteiger partial charge in [0.25, 0.3) is 0 Å². The van der Waals surface area contributed by atoms with Crippen molar-refractivity contribution >= 4 is 17.7 Å². The Labute approximate surface area is 86.3 Å². The minimum atomic E-state index is -3.67. The van der Waals surface area contributed by atoms with Crippen LogP contribution in [0.5, 0.6) is 0 Å². The molecule has 0 rings (SSSR count). The van der Waals surface area contributed by atoms with Crippen molar-refractivity contribution in [2.75, 3.05) is 25.1 Å². The summed E-state index contributed by atoms with van der Waals surface area (Å²) in [6.45, 7) is 1.52. The zero-order valence-corrected chi connectivity index (χ0v) is 9.03. The van der Waals surface area contributed by atoms with Crippen molar-refractivity contribution in [2.45, 2.75) is 12.8 Å². The molecule has 0 aliphatic heterocycles. The molecule has 1 unspecified atom stereocenters. The molecule has 0 saturated heterocycles. The minimum Gasteiger partial charge on any atom is -0.477 e. The van der Waals surface area contributed by atoms with Gasteiger partial charge in [-0.2, -0.15) is 20.5 Å². The monoisotopic (exact) mass is 227 g/mol. The van der Waals surface area contributed by atoms with Gasteiger partial charge < -0.3 is 10.4 Å². The SMILES string of the molecule is CSCC(C)CNCC(F)(F)C(=O)O. The fourth-order valence-electron chi connectivity index (χ4n) is 0.895. The molecule has 3 nitrogen and oxygen atoms in total. The Bertz CT molecular complexity index is 190. The Morgan fingerprint density at radius 3 is 2.64 bits per heavy atom. The predicted octanol–water partition coefficient (Wildman–Crippen LogP) is 1.29. The molecule has 14 heavy (non-hydrogen) atoms. The highest BCUT2D eigenvalue weighted by atomic mass is 32.2. The molecular weight excluding hydrogens is 212 g/mol. The summed E-state index contributed by atoms with van der Waals surface area (Å²) in [5, 5.41) is 10.6.